The molecule has 25 heavy (non-hydrogen) atoms. The van der Waals surface area contributed by atoms with Crippen LogP contribution in [0.25, 0.3) is 0 Å². The zero-order valence-electron chi connectivity index (χ0n) is 15.8. The van der Waals surface area contributed by atoms with Crippen LogP contribution in [0.3, 0.4) is 0 Å². The lowest BCUT2D eigenvalue weighted by Crippen LogP contribution is -2.47. The molecule has 1 aliphatic heterocycles. The van der Waals surface area contributed by atoms with Gasteiger partial charge in [0.05, 0.1) is 31.3 Å². The molecule has 0 aromatic rings. The molecule has 0 radical (unpaired) electrons. The van der Waals surface area contributed by atoms with Crippen LogP contribution in [0.1, 0.15) is 13.8 Å². The van der Waals surface area contributed by atoms with Gasteiger partial charge in [0.25, 0.3) is 0 Å². The lowest BCUT2D eigenvalue weighted by atomic mass is 9.80. The van der Waals surface area contributed by atoms with E-state index in [1.54, 1.807) is 56.2 Å². The first kappa shape index (κ1) is 23.4. The molecule has 1 rings (SSSR count). The fourth-order valence-corrected chi connectivity index (χ4v) is 6.72. The van der Waals surface area contributed by atoms with E-state index in [1.807, 2.05) is 18.8 Å². The van der Waals surface area contributed by atoms with Gasteiger partial charge in [-0.15, -0.1) is 35.3 Å². The van der Waals surface area contributed by atoms with Crippen LogP contribution >= 0.6 is 35.3 Å². The number of ether oxygens (including phenoxy) is 4. The number of cyclic esters (lactones) is 1. The molecule has 0 unspecified atom stereocenters. The van der Waals surface area contributed by atoms with Crippen molar-refractivity contribution in [2.75, 3.05) is 52.5 Å². The van der Waals surface area contributed by atoms with Crippen molar-refractivity contribution in [3.05, 3.63) is 0 Å². The van der Waals surface area contributed by atoms with Crippen LogP contribution in [0.15, 0.2) is 0 Å². The molecular formula is C16H30O6S3. The van der Waals surface area contributed by atoms with E-state index >= 15 is 0 Å². The van der Waals surface area contributed by atoms with Crippen molar-refractivity contribution < 1.29 is 28.8 Å². The number of hydrogen-bond donors (Lipinski definition) is 1. The van der Waals surface area contributed by atoms with E-state index in [-0.39, 0.29) is 28.7 Å². The maximum Gasteiger partial charge on any atom is 0.312 e. The van der Waals surface area contributed by atoms with Crippen LogP contribution in [0, 0.1) is 11.8 Å². The highest BCUT2D eigenvalue weighted by Gasteiger charge is 2.59. The zero-order valence-corrected chi connectivity index (χ0v) is 18.2. The Hall–Kier alpha value is 0.360. The molecule has 0 bridgehead atoms. The molecule has 1 fully saturated rings. The highest BCUT2D eigenvalue weighted by Crippen LogP contribution is 2.57. The number of thioether (sulfide) groups is 3. The number of aliphatic hydroxyl groups is 1. The van der Waals surface area contributed by atoms with Gasteiger partial charge in [-0.25, -0.2) is 0 Å². The fraction of sp³-hybridized carbons (Fsp3) is 0.938. The van der Waals surface area contributed by atoms with Crippen LogP contribution in [-0.4, -0.2) is 78.7 Å². The van der Waals surface area contributed by atoms with Crippen molar-refractivity contribution in [3.8, 4) is 0 Å². The van der Waals surface area contributed by atoms with E-state index in [1.165, 1.54) is 0 Å². The van der Waals surface area contributed by atoms with E-state index < -0.39 is 17.6 Å². The van der Waals surface area contributed by atoms with Gasteiger partial charge in [-0.1, -0.05) is 0 Å². The van der Waals surface area contributed by atoms with Crippen LogP contribution < -0.4 is 0 Å². The number of carbonyl (C=O) groups excluding carboxylic acids is 1. The molecule has 9 heteroatoms. The quantitative estimate of drug-likeness (QED) is 0.294. The van der Waals surface area contributed by atoms with Gasteiger partial charge in [-0.3, -0.25) is 4.79 Å². The number of esters is 1. The molecule has 3 atom stereocenters. The molecule has 0 aliphatic carbocycles. The third kappa shape index (κ3) is 5.92. The molecule has 1 heterocycles. The Labute approximate surface area is 163 Å². The second-order valence-corrected chi connectivity index (χ2v) is 10.2. The van der Waals surface area contributed by atoms with Gasteiger partial charge >= 0.3 is 5.97 Å². The summed E-state index contributed by atoms with van der Waals surface area (Å²) in [6.07, 6.45) is 5.62. The lowest BCUT2D eigenvalue weighted by Gasteiger charge is -2.41. The summed E-state index contributed by atoms with van der Waals surface area (Å²) in [5.74, 6) is -1.17. The third-order valence-corrected chi connectivity index (χ3v) is 9.71. The first-order valence-electron chi connectivity index (χ1n) is 8.00. The summed E-state index contributed by atoms with van der Waals surface area (Å²) in [6, 6.07) is 0. The molecule has 1 N–H and O–H groups in total. The molecule has 0 spiro atoms. The number of rotatable bonds is 12. The molecule has 0 amide bonds. The van der Waals surface area contributed by atoms with Crippen LogP contribution in [-0.2, 0) is 23.7 Å². The maximum absolute atomic E-state index is 12.5. The standard InChI is InChI=1S/C16H30O6S3/c1-15(2,18)13-12(16(23-4,24-5)25-6)11(22-14(13)17)9-21-10-20-8-7-19-3/h11-13,18H,7-10H2,1-6H3/t11-,12-,13+/m1/s1. The first-order chi connectivity index (χ1) is 11.8. The van der Waals surface area contributed by atoms with Gasteiger partial charge in [0, 0.05) is 13.0 Å². The van der Waals surface area contributed by atoms with Crippen LogP contribution in [0.5, 0.6) is 0 Å². The van der Waals surface area contributed by atoms with Crippen molar-refractivity contribution in [1.29, 1.82) is 0 Å². The predicted octanol–water partition coefficient (Wildman–Crippen LogP) is 2.30. The molecule has 1 aliphatic rings. The lowest BCUT2D eigenvalue weighted by molar-refractivity contribution is -0.152. The largest absolute Gasteiger partial charge is 0.459 e. The van der Waals surface area contributed by atoms with Crippen molar-refractivity contribution >= 4 is 41.3 Å². The molecule has 1 saturated heterocycles. The SMILES string of the molecule is COCCOCOC[C@H]1OC(=O)[C@@H](C(C)(C)O)[C@@H]1C(SC)(SC)SC. The van der Waals surface area contributed by atoms with Crippen molar-refractivity contribution in [2.45, 2.75) is 29.0 Å². The normalized spacial score (nSPS) is 24.6. The van der Waals surface area contributed by atoms with Crippen molar-refractivity contribution in [1.82, 2.24) is 0 Å². The first-order valence-corrected chi connectivity index (χ1v) is 11.7. The molecular weight excluding hydrogens is 384 g/mol. The fourth-order valence-electron chi connectivity index (χ4n) is 3.04. The van der Waals surface area contributed by atoms with Gasteiger partial charge in [-0.2, -0.15) is 0 Å². The highest BCUT2D eigenvalue weighted by molar-refractivity contribution is 8.33. The minimum absolute atomic E-state index is 0.113. The summed E-state index contributed by atoms with van der Waals surface area (Å²) < 4.78 is 21.1. The summed E-state index contributed by atoms with van der Waals surface area (Å²) in [4.78, 5) is 12.5. The van der Waals surface area contributed by atoms with Crippen molar-refractivity contribution in [3.63, 3.8) is 0 Å². The molecule has 6 nitrogen and oxygen atoms in total. The van der Waals surface area contributed by atoms with E-state index in [0.717, 1.165) is 0 Å². The Kier molecular flexibility index (Phi) is 9.95. The van der Waals surface area contributed by atoms with Gasteiger partial charge in [0.2, 0.25) is 0 Å². The van der Waals surface area contributed by atoms with E-state index in [0.29, 0.717) is 13.2 Å². The Morgan fingerprint density at radius 1 is 1.12 bits per heavy atom. The average molecular weight is 415 g/mol. The van der Waals surface area contributed by atoms with Crippen molar-refractivity contribution in [2.24, 2.45) is 11.8 Å². The Morgan fingerprint density at radius 3 is 2.20 bits per heavy atom. The highest BCUT2D eigenvalue weighted by atomic mass is 32.3. The summed E-state index contributed by atoms with van der Waals surface area (Å²) in [5.41, 5.74) is -1.17. The topological polar surface area (TPSA) is 74.2 Å². The number of carbonyl (C=O) groups is 1. The Morgan fingerprint density at radius 2 is 1.72 bits per heavy atom. The van der Waals surface area contributed by atoms with E-state index in [4.69, 9.17) is 18.9 Å². The average Bonchev–Trinajstić information content (AvgIpc) is 2.90. The third-order valence-electron chi connectivity index (χ3n) is 4.18. The maximum atomic E-state index is 12.5. The smallest absolute Gasteiger partial charge is 0.312 e. The van der Waals surface area contributed by atoms with E-state index in [9.17, 15) is 9.90 Å². The monoisotopic (exact) mass is 414 g/mol. The van der Waals surface area contributed by atoms with Gasteiger partial charge < -0.3 is 24.1 Å². The van der Waals surface area contributed by atoms with Gasteiger partial charge in [-0.05, 0) is 32.6 Å². The predicted molar refractivity (Wildman–Crippen MR) is 105 cm³/mol. The summed E-state index contributed by atoms with van der Waals surface area (Å²) in [5, 5.41) is 10.6. The zero-order chi connectivity index (χ0) is 19.1. The van der Waals surface area contributed by atoms with Gasteiger partial charge in [0.1, 0.15) is 16.3 Å². The van der Waals surface area contributed by atoms with Crippen LogP contribution in [0.2, 0.25) is 0 Å². The Balaban J connectivity index is 2.89. The second-order valence-electron chi connectivity index (χ2n) is 6.24. The minimum atomic E-state index is -1.17. The summed E-state index contributed by atoms with van der Waals surface area (Å²) >= 11 is 5.01. The summed E-state index contributed by atoms with van der Waals surface area (Å²) in [6.45, 7) is 4.62. The second kappa shape index (κ2) is 10.6. The van der Waals surface area contributed by atoms with Crippen LogP contribution in [0.4, 0.5) is 0 Å². The van der Waals surface area contributed by atoms with Gasteiger partial charge in [0.15, 0.2) is 0 Å². The summed E-state index contributed by atoms with van der Waals surface area (Å²) in [7, 11) is 1.61. The number of hydrogen-bond acceptors (Lipinski definition) is 9. The molecule has 0 aromatic carbocycles. The number of methoxy groups -OCH3 is 1. The Bertz CT molecular complexity index is 403. The minimum Gasteiger partial charge on any atom is -0.459 e. The molecule has 0 aromatic heterocycles. The van der Waals surface area contributed by atoms with E-state index in [2.05, 4.69) is 0 Å². The molecule has 0 saturated carbocycles. The molecule has 148 valence electrons.